The number of benzene rings is 1. The fourth-order valence-electron chi connectivity index (χ4n) is 1.96. The van der Waals surface area contributed by atoms with Crippen molar-refractivity contribution in [1.82, 2.24) is 9.55 Å². The summed E-state index contributed by atoms with van der Waals surface area (Å²) in [5, 5.41) is 12.5. The summed E-state index contributed by atoms with van der Waals surface area (Å²) in [5.41, 5.74) is 7.49. The van der Waals surface area contributed by atoms with Crippen LogP contribution in [0.4, 0.5) is 11.5 Å². The molecule has 0 bridgehead atoms. The Bertz CT molecular complexity index is 826. The van der Waals surface area contributed by atoms with Crippen molar-refractivity contribution in [1.29, 1.82) is 0 Å². The smallest absolute Gasteiger partial charge is 0.266 e. The van der Waals surface area contributed by atoms with Gasteiger partial charge in [0.05, 0.1) is 6.26 Å². The maximum absolute atomic E-state index is 12.0. The molecule has 0 aliphatic heterocycles. The van der Waals surface area contributed by atoms with Gasteiger partial charge in [-0.25, -0.2) is 4.98 Å². The van der Waals surface area contributed by atoms with Gasteiger partial charge in [-0.05, 0) is 32.5 Å². The molecule has 2 rings (SSSR count). The monoisotopic (exact) mass is 332 g/mol. The number of aliphatic hydroxyl groups is 1. The zero-order valence-corrected chi connectivity index (χ0v) is 15.3. The van der Waals surface area contributed by atoms with Crippen LogP contribution in [-0.2, 0) is 7.05 Å². The first kappa shape index (κ1) is 21.4. The Hall–Kier alpha value is -2.60. The fourth-order valence-corrected chi connectivity index (χ4v) is 1.96. The number of aliphatic hydroxyl groups excluding tert-OH is 1. The predicted octanol–water partition coefficient (Wildman–Crippen LogP) is 1.45. The van der Waals surface area contributed by atoms with E-state index in [2.05, 4.69) is 22.6 Å². The maximum atomic E-state index is 12.0. The third-order valence-corrected chi connectivity index (χ3v) is 3.18. The first-order valence-electron chi connectivity index (χ1n) is 7.76. The van der Waals surface area contributed by atoms with E-state index in [0.717, 1.165) is 23.1 Å². The molecule has 2 aromatic rings. The van der Waals surface area contributed by atoms with Crippen molar-refractivity contribution < 1.29 is 5.11 Å². The molecule has 0 spiro atoms. The minimum atomic E-state index is -0.347. The molecule has 6 heteroatoms. The molecule has 6 nitrogen and oxygen atoms in total. The van der Waals surface area contributed by atoms with Crippen LogP contribution in [-0.4, -0.2) is 21.7 Å². The highest BCUT2D eigenvalue weighted by molar-refractivity contribution is 5.61. The third kappa shape index (κ3) is 4.96. The van der Waals surface area contributed by atoms with Crippen LogP contribution in [0.15, 0.2) is 23.0 Å². The van der Waals surface area contributed by atoms with Gasteiger partial charge in [0.15, 0.2) is 0 Å². The Labute approximate surface area is 143 Å². The molecule has 4 N–H and O–H groups in total. The number of anilines is 2. The van der Waals surface area contributed by atoms with Crippen LogP contribution in [0.1, 0.15) is 25.0 Å². The number of rotatable bonds is 2. The van der Waals surface area contributed by atoms with Crippen molar-refractivity contribution in [3.63, 3.8) is 0 Å². The van der Waals surface area contributed by atoms with E-state index in [0.29, 0.717) is 11.3 Å². The molecular weight excluding hydrogens is 304 g/mol. The highest BCUT2D eigenvalue weighted by Crippen LogP contribution is 2.18. The molecule has 0 aliphatic carbocycles. The molecule has 0 unspecified atom stereocenters. The second-order valence-electron chi connectivity index (χ2n) is 4.73. The summed E-state index contributed by atoms with van der Waals surface area (Å²) in [6.45, 7) is 11.7. The molecule has 0 fully saturated rings. The van der Waals surface area contributed by atoms with Crippen LogP contribution in [0.5, 0.6) is 0 Å². The quantitative estimate of drug-likeness (QED) is 0.774. The highest BCUT2D eigenvalue weighted by Gasteiger charge is 2.07. The Morgan fingerprint density at radius 2 is 1.88 bits per heavy atom. The van der Waals surface area contributed by atoms with Crippen LogP contribution in [0.3, 0.4) is 0 Å². The molecule has 1 heterocycles. The summed E-state index contributed by atoms with van der Waals surface area (Å²) in [4.78, 5) is 16.2. The van der Waals surface area contributed by atoms with Gasteiger partial charge in [0.2, 0.25) is 0 Å². The number of aromatic nitrogens is 2. The van der Waals surface area contributed by atoms with Gasteiger partial charge in [0, 0.05) is 12.7 Å². The van der Waals surface area contributed by atoms with Crippen molar-refractivity contribution in [3.8, 4) is 0 Å². The van der Waals surface area contributed by atoms with E-state index < -0.39 is 0 Å². The van der Waals surface area contributed by atoms with Crippen molar-refractivity contribution in [2.24, 2.45) is 12.8 Å². The van der Waals surface area contributed by atoms with Gasteiger partial charge in [0.1, 0.15) is 16.5 Å². The van der Waals surface area contributed by atoms with Crippen molar-refractivity contribution >= 4 is 24.3 Å². The van der Waals surface area contributed by atoms with Crippen LogP contribution < -0.4 is 27.3 Å². The molecule has 1 aromatic carbocycles. The molecule has 1 aromatic heterocycles. The second-order valence-corrected chi connectivity index (χ2v) is 4.73. The summed E-state index contributed by atoms with van der Waals surface area (Å²) >= 11 is 0. The Balaban J connectivity index is 0.00000123. The minimum Gasteiger partial charge on any atom is -0.515 e. The maximum Gasteiger partial charge on any atom is 0.266 e. The lowest BCUT2D eigenvalue weighted by atomic mass is 10.1. The molecule has 0 aliphatic rings. The van der Waals surface area contributed by atoms with E-state index >= 15 is 0 Å². The zero-order chi connectivity index (χ0) is 18.9. The number of nitrogens with zero attached hydrogens (tertiary/aromatic N) is 2. The van der Waals surface area contributed by atoms with Gasteiger partial charge in [-0.1, -0.05) is 38.1 Å². The molecule has 24 heavy (non-hydrogen) atoms. The zero-order valence-electron chi connectivity index (χ0n) is 15.3. The van der Waals surface area contributed by atoms with Crippen LogP contribution in [0.25, 0.3) is 12.8 Å². The molecular formula is C18H28N4O2. The first-order valence-corrected chi connectivity index (χ1v) is 7.76. The van der Waals surface area contributed by atoms with Gasteiger partial charge in [-0.15, -0.1) is 0 Å². The normalized spacial score (nSPS) is 10.2. The number of hydrogen-bond acceptors (Lipinski definition) is 5. The van der Waals surface area contributed by atoms with Gasteiger partial charge in [0.25, 0.3) is 5.56 Å². The number of aryl methyl sites for hydroxylation is 2. The van der Waals surface area contributed by atoms with Gasteiger partial charge < -0.3 is 16.2 Å². The van der Waals surface area contributed by atoms with Gasteiger partial charge >= 0.3 is 0 Å². The van der Waals surface area contributed by atoms with Crippen molar-refractivity contribution in [2.75, 3.05) is 12.4 Å². The Morgan fingerprint density at radius 3 is 2.38 bits per heavy atom. The average Bonchev–Trinajstić information content (AvgIpc) is 2.59. The molecule has 0 atom stereocenters. The summed E-state index contributed by atoms with van der Waals surface area (Å²) < 4.78 is 1.29. The van der Waals surface area contributed by atoms with Crippen molar-refractivity contribution in [3.05, 3.63) is 50.4 Å². The van der Waals surface area contributed by atoms with Crippen molar-refractivity contribution in [2.45, 2.75) is 27.7 Å². The average molecular weight is 332 g/mol. The fraction of sp³-hybridized carbons (Fsp3) is 0.333. The number of hydrogen-bond donors (Lipinski definition) is 3. The topological polar surface area (TPSA) is 93.2 Å². The first-order chi connectivity index (χ1) is 11.4. The third-order valence-electron chi connectivity index (χ3n) is 3.18. The largest absolute Gasteiger partial charge is 0.515 e. The molecule has 0 radical (unpaired) electrons. The van der Waals surface area contributed by atoms with Crippen LogP contribution >= 0.6 is 0 Å². The van der Waals surface area contributed by atoms with Gasteiger partial charge in [-0.3, -0.25) is 9.36 Å². The number of nitrogens with two attached hydrogens (primary N) is 1. The molecule has 0 amide bonds. The van der Waals surface area contributed by atoms with Crippen LogP contribution in [0, 0.1) is 13.8 Å². The van der Waals surface area contributed by atoms with Crippen LogP contribution in [0.2, 0.25) is 0 Å². The lowest BCUT2D eigenvalue weighted by Crippen LogP contribution is -2.44. The number of nitrogens with one attached hydrogen (secondary N) is 1. The van der Waals surface area contributed by atoms with E-state index in [-0.39, 0.29) is 10.8 Å². The lowest BCUT2D eigenvalue weighted by molar-refractivity contribution is 0.538. The Morgan fingerprint density at radius 1 is 1.29 bits per heavy atom. The lowest BCUT2D eigenvalue weighted by Gasteiger charge is -2.10. The minimum absolute atomic E-state index is 0.111. The molecule has 0 saturated carbocycles. The summed E-state index contributed by atoms with van der Waals surface area (Å²) in [5.74, 6) is 0.299. The van der Waals surface area contributed by atoms with E-state index in [1.807, 2.05) is 45.9 Å². The predicted molar refractivity (Wildman–Crippen MR) is 102 cm³/mol. The SMILES string of the molecule is C=c1nc(Nc2ccc(C)cc2C)/c(=C\O)c(=O)n1C.CC.CN. The van der Waals surface area contributed by atoms with E-state index in [9.17, 15) is 9.90 Å². The standard InChI is InChI=1S/C15H17N3O2.C2H6.CH5N/c1-9-5-6-13(10(2)7-9)17-14-12(8-19)15(20)18(4)11(3)16-14;2*1-2/h5-8,19H,3H2,1-2,4H3,(H,16,17);1-2H3;2H2,1H3/b12-8+;;. The Kier molecular flexibility index (Phi) is 9.12. The summed E-state index contributed by atoms with van der Waals surface area (Å²) in [6, 6.07) is 5.90. The highest BCUT2D eigenvalue weighted by atomic mass is 16.2. The second kappa shape index (κ2) is 10.2. The van der Waals surface area contributed by atoms with E-state index in [1.54, 1.807) is 7.05 Å². The molecule has 132 valence electrons. The summed E-state index contributed by atoms with van der Waals surface area (Å²) in [6.07, 6.45) is 0.765. The van der Waals surface area contributed by atoms with E-state index in [1.165, 1.54) is 11.6 Å². The van der Waals surface area contributed by atoms with E-state index in [4.69, 9.17) is 0 Å². The molecule has 0 saturated heterocycles. The summed E-state index contributed by atoms with van der Waals surface area (Å²) in [7, 11) is 3.06. The van der Waals surface area contributed by atoms with Gasteiger partial charge in [-0.2, -0.15) is 0 Å².